The second-order valence-corrected chi connectivity index (χ2v) is 10.4. The van der Waals surface area contributed by atoms with Crippen LogP contribution in [0.2, 0.25) is 0 Å². The second kappa shape index (κ2) is 8.74. The van der Waals surface area contributed by atoms with E-state index in [1.54, 1.807) is 11.7 Å². The number of nitrogens with zero attached hydrogens (tertiary/aromatic N) is 2. The number of para-hydroxylation sites is 2. The number of aryl methyl sites for hydroxylation is 1. The summed E-state index contributed by atoms with van der Waals surface area (Å²) in [6.45, 7) is 3.76. The highest BCUT2D eigenvalue weighted by Gasteiger charge is 2.55. The zero-order valence-electron chi connectivity index (χ0n) is 20.6. The molecule has 37 heavy (non-hydrogen) atoms. The van der Waals surface area contributed by atoms with Gasteiger partial charge in [-0.15, -0.1) is 0 Å². The lowest BCUT2D eigenvalue weighted by Gasteiger charge is -2.45. The van der Waals surface area contributed by atoms with Crippen molar-refractivity contribution in [1.29, 1.82) is 0 Å². The zero-order valence-corrected chi connectivity index (χ0v) is 21.4. The molecule has 0 radical (unpaired) electrons. The molecule has 8 heteroatoms. The summed E-state index contributed by atoms with van der Waals surface area (Å²) in [5.41, 5.74) is 1.97. The smallest absolute Gasteiger partial charge is 0.270 e. The third-order valence-electron chi connectivity index (χ3n) is 6.98. The van der Waals surface area contributed by atoms with Crippen LogP contribution >= 0.6 is 11.3 Å². The first-order chi connectivity index (χ1) is 17.9. The summed E-state index contributed by atoms with van der Waals surface area (Å²) in [5, 5.41) is 3.06. The number of hydrogen-bond donors (Lipinski definition) is 1. The summed E-state index contributed by atoms with van der Waals surface area (Å²) in [6.07, 6.45) is 1.84. The number of thiazole rings is 1. The van der Waals surface area contributed by atoms with Crippen LogP contribution in [0.15, 0.2) is 82.6 Å². The molecule has 2 aliphatic rings. The minimum atomic E-state index is -1.18. The van der Waals surface area contributed by atoms with Gasteiger partial charge in [-0.05, 0) is 55.3 Å². The van der Waals surface area contributed by atoms with E-state index in [2.05, 4.69) is 5.32 Å². The number of rotatable bonds is 4. The molecule has 1 amide bonds. The van der Waals surface area contributed by atoms with Gasteiger partial charge in [0.25, 0.3) is 5.56 Å². The maximum absolute atomic E-state index is 13.8. The molecule has 0 aliphatic carbocycles. The molecule has 0 unspecified atom stereocenters. The Labute approximate surface area is 217 Å². The normalized spacial score (nSPS) is 21.8. The van der Waals surface area contributed by atoms with Crippen molar-refractivity contribution in [2.75, 3.05) is 12.4 Å². The molecule has 2 bridgehead atoms. The van der Waals surface area contributed by atoms with Crippen LogP contribution in [0.3, 0.4) is 0 Å². The minimum Gasteiger partial charge on any atom is -0.497 e. The van der Waals surface area contributed by atoms with E-state index in [4.69, 9.17) is 14.5 Å². The lowest BCUT2D eigenvalue weighted by atomic mass is 9.80. The van der Waals surface area contributed by atoms with Gasteiger partial charge in [0.1, 0.15) is 17.4 Å². The summed E-state index contributed by atoms with van der Waals surface area (Å²) in [7, 11) is 1.62. The molecular formula is C29H25N3O4S. The Balaban J connectivity index is 1.51. The SMILES string of the molecule is COc1ccc(/C=c2/sc3n(c2=O)[C@H]2c4ccccc4O[C@@](C)(N=3)[C@H]2C(=O)Nc2ccccc2C)cc1. The molecule has 4 aromatic rings. The van der Waals surface area contributed by atoms with Crippen LogP contribution < -0.4 is 29.7 Å². The molecule has 1 aromatic heterocycles. The number of anilines is 1. The van der Waals surface area contributed by atoms with Gasteiger partial charge >= 0.3 is 0 Å². The van der Waals surface area contributed by atoms with Crippen molar-refractivity contribution in [2.24, 2.45) is 10.9 Å². The van der Waals surface area contributed by atoms with Gasteiger partial charge in [0.15, 0.2) is 4.80 Å². The van der Waals surface area contributed by atoms with E-state index in [9.17, 15) is 9.59 Å². The number of carbonyl (C=O) groups excluding carboxylic acids is 1. The quantitative estimate of drug-likeness (QED) is 0.454. The highest BCUT2D eigenvalue weighted by molar-refractivity contribution is 7.07. The monoisotopic (exact) mass is 511 g/mol. The molecule has 0 fully saturated rings. The molecule has 0 saturated heterocycles. The summed E-state index contributed by atoms with van der Waals surface area (Å²) in [5.74, 6) is 0.371. The van der Waals surface area contributed by atoms with Crippen molar-refractivity contribution in [3.05, 3.63) is 109 Å². The number of hydrogen-bond acceptors (Lipinski definition) is 6. The fourth-order valence-corrected chi connectivity index (χ4v) is 6.22. The van der Waals surface area contributed by atoms with Gasteiger partial charge in [0.2, 0.25) is 11.6 Å². The minimum absolute atomic E-state index is 0.183. The standard InChI is InChI=1S/C29H25N3O4S/c1-17-8-4-6-10-21(17)30-26(33)24-25-20-9-5-7-11-22(20)36-29(24,2)31-28-32(25)27(34)23(37-28)16-18-12-14-19(35-3)15-13-18/h4-16,24-25H,1-3H3,(H,30,33)/b23-16+/t24-,25+,29-/m1/s1. The van der Waals surface area contributed by atoms with Crippen LogP contribution in [0.4, 0.5) is 5.69 Å². The molecule has 0 saturated carbocycles. The Morgan fingerprint density at radius 3 is 2.59 bits per heavy atom. The number of ether oxygens (including phenoxy) is 2. The Hall–Kier alpha value is -4.17. The molecule has 3 aromatic carbocycles. The van der Waals surface area contributed by atoms with E-state index >= 15 is 0 Å². The van der Waals surface area contributed by atoms with Gasteiger partial charge in [0.05, 0.1) is 17.7 Å². The number of methoxy groups -OCH3 is 1. The van der Waals surface area contributed by atoms with Crippen LogP contribution in [0.1, 0.15) is 29.7 Å². The maximum atomic E-state index is 13.8. The number of aromatic nitrogens is 1. The summed E-state index contributed by atoms with van der Waals surface area (Å²) in [4.78, 5) is 33.1. The number of fused-ring (bicyclic) bond motifs is 6. The highest BCUT2D eigenvalue weighted by atomic mass is 32.1. The van der Waals surface area contributed by atoms with Gasteiger partial charge < -0.3 is 14.8 Å². The number of nitrogens with one attached hydrogen (secondary N) is 1. The Morgan fingerprint density at radius 2 is 1.84 bits per heavy atom. The van der Waals surface area contributed by atoms with E-state index in [1.807, 2.05) is 92.7 Å². The van der Waals surface area contributed by atoms with Crippen LogP contribution in [0.25, 0.3) is 6.08 Å². The predicted molar refractivity (Wildman–Crippen MR) is 143 cm³/mol. The summed E-state index contributed by atoms with van der Waals surface area (Å²) < 4.78 is 13.8. The van der Waals surface area contributed by atoms with Gasteiger partial charge in [0, 0.05) is 11.3 Å². The maximum Gasteiger partial charge on any atom is 0.270 e. The molecule has 3 atom stereocenters. The third kappa shape index (κ3) is 3.84. The average Bonchev–Trinajstić information content (AvgIpc) is 3.18. The largest absolute Gasteiger partial charge is 0.497 e. The Kier molecular flexibility index (Phi) is 5.49. The molecule has 6 rings (SSSR count). The van der Waals surface area contributed by atoms with Gasteiger partial charge in [-0.2, -0.15) is 0 Å². The predicted octanol–water partition coefficient (Wildman–Crippen LogP) is 3.64. The van der Waals surface area contributed by atoms with Crippen molar-refractivity contribution in [2.45, 2.75) is 25.6 Å². The van der Waals surface area contributed by atoms with Crippen LogP contribution in [0, 0.1) is 12.8 Å². The van der Waals surface area contributed by atoms with Crippen molar-refractivity contribution >= 4 is 29.0 Å². The van der Waals surface area contributed by atoms with Crippen LogP contribution in [-0.2, 0) is 4.79 Å². The topological polar surface area (TPSA) is 81.9 Å². The van der Waals surface area contributed by atoms with E-state index < -0.39 is 17.7 Å². The average molecular weight is 512 g/mol. The van der Waals surface area contributed by atoms with E-state index in [0.717, 1.165) is 28.1 Å². The van der Waals surface area contributed by atoms with Crippen molar-refractivity contribution in [3.8, 4) is 11.5 Å². The third-order valence-corrected chi connectivity index (χ3v) is 7.96. The zero-order chi connectivity index (χ0) is 25.7. The van der Waals surface area contributed by atoms with Crippen molar-refractivity contribution in [3.63, 3.8) is 0 Å². The van der Waals surface area contributed by atoms with Crippen LogP contribution in [0.5, 0.6) is 11.5 Å². The van der Waals surface area contributed by atoms with Crippen molar-refractivity contribution in [1.82, 2.24) is 4.57 Å². The first-order valence-corrected chi connectivity index (χ1v) is 12.8. The Bertz CT molecular complexity index is 1710. The molecule has 0 spiro atoms. The molecule has 3 heterocycles. The van der Waals surface area contributed by atoms with E-state index in [0.29, 0.717) is 15.1 Å². The molecule has 7 nitrogen and oxygen atoms in total. The lowest BCUT2D eigenvalue weighted by molar-refractivity contribution is -0.131. The fraction of sp³-hybridized carbons (Fsp3) is 0.207. The first kappa shape index (κ1) is 23.2. The molecule has 1 N–H and O–H groups in total. The molecule has 2 aliphatic heterocycles. The first-order valence-electron chi connectivity index (χ1n) is 12.0. The number of carbonyl (C=O) groups is 1. The number of benzene rings is 3. The van der Waals surface area contributed by atoms with Gasteiger partial charge in [-0.3, -0.25) is 14.2 Å². The fourth-order valence-electron chi connectivity index (χ4n) is 5.12. The van der Waals surface area contributed by atoms with E-state index in [1.165, 1.54) is 11.3 Å². The summed E-state index contributed by atoms with van der Waals surface area (Å²) in [6, 6.07) is 22.1. The Morgan fingerprint density at radius 1 is 1.11 bits per heavy atom. The molecule has 186 valence electrons. The second-order valence-electron chi connectivity index (χ2n) is 9.37. The van der Waals surface area contributed by atoms with Gasteiger partial charge in [-0.25, -0.2) is 4.99 Å². The lowest BCUT2D eigenvalue weighted by Crippen LogP contribution is -2.59. The van der Waals surface area contributed by atoms with Gasteiger partial charge in [-0.1, -0.05) is 59.9 Å². The summed E-state index contributed by atoms with van der Waals surface area (Å²) >= 11 is 1.30. The van der Waals surface area contributed by atoms with Crippen molar-refractivity contribution < 1.29 is 14.3 Å². The number of amides is 1. The highest BCUT2D eigenvalue weighted by Crippen LogP contribution is 2.47. The van der Waals surface area contributed by atoms with E-state index in [-0.39, 0.29) is 11.5 Å². The van der Waals surface area contributed by atoms with Crippen LogP contribution in [-0.4, -0.2) is 23.3 Å². The molecular weight excluding hydrogens is 486 g/mol.